The van der Waals surface area contributed by atoms with Crippen molar-refractivity contribution in [3.63, 3.8) is 0 Å². The van der Waals surface area contributed by atoms with E-state index in [0.29, 0.717) is 6.04 Å². The first kappa shape index (κ1) is 14.5. The Morgan fingerprint density at radius 1 is 1.24 bits per heavy atom. The van der Waals surface area contributed by atoms with Crippen LogP contribution >= 0.6 is 12.4 Å². The van der Waals surface area contributed by atoms with Gasteiger partial charge in [-0.25, -0.2) is 0 Å². The zero-order valence-corrected chi connectivity index (χ0v) is 11.6. The van der Waals surface area contributed by atoms with Crippen molar-refractivity contribution in [1.82, 2.24) is 4.90 Å². The van der Waals surface area contributed by atoms with Crippen LogP contribution in [-0.2, 0) is 6.54 Å². The summed E-state index contributed by atoms with van der Waals surface area (Å²) in [5, 5.41) is 0. The highest BCUT2D eigenvalue weighted by molar-refractivity contribution is 5.85. The van der Waals surface area contributed by atoms with E-state index in [0.717, 1.165) is 32.5 Å². The molecule has 0 radical (unpaired) electrons. The number of nitrogens with zero attached hydrogens (tertiary/aromatic N) is 1. The van der Waals surface area contributed by atoms with Crippen LogP contribution in [0.1, 0.15) is 29.5 Å². The van der Waals surface area contributed by atoms with Crippen LogP contribution in [0, 0.1) is 13.8 Å². The van der Waals surface area contributed by atoms with Gasteiger partial charge in [-0.2, -0.15) is 0 Å². The summed E-state index contributed by atoms with van der Waals surface area (Å²) in [6.07, 6.45) is 2.29. The van der Waals surface area contributed by atoms with E-state index in [-0.39, 0.29) is 12.4 Å². The topological polar surface area (TPSA) is 29.3 Å². The monoisotopic (exact) mass is 254 g/mol. The number of piperidine rings is 1. The van der Waals surface area contributed by atoms with Crippen LogP contribution in [0.2, 0.25) is 0 Å². The summed E-state index contributed by atoms with van der Waals surface area (Å²) in [6.45, 7) is 7.74. The molecule has 2 N–H and O–H groups in total. The predicted octanol–water partition coefficient (Wildman–Crippen LogP) is 2.65. The van der Waals surface area contributed by atoms with Crippen LogP contribution in [0.25, 0.3) is 0 Å². The first-order valence-corrected chi connectivity index (χ1v) is 6.19. The number of hydrogen-bond donors (Lipinski definition) is 1. The molecule has 96 valence electrons. The van der Waals surface area contributed by atoms with E-state index < -0.39 is 0 Å². The van der Waals surface area contributed by atoms with Gasteiger partial charge >= 0.3 is 0 Å². The molecule has 0 atom stereocenters. The lowest BCUT2D eigenvalue weighted by atomic mass is 10.0. The smallest absolute Gasteiger partial charge is 0.0236 e. The Hall–Kier alpha value is -0.570. The fourth-order valence-electron chi connectivity index (χ4n) is 2.32. The zero-order valence-electron chi connectivity index (χ0n) is 10.8. The molecule has 1 fully saturated rings. The van der Waals surface area contributed by atoms with Crippen molar-refractivity contribution in [1.29, 1.82) is 0 Å². The maximum atomic E-state index is 5.92. The van der Waals surface area contributed by atoms with Crippen LogP contribution in [0.15, 0.2) is 18.2 Å². The molecule has 0 aromatic heterocycles. The van der Waals surface area contributed by atoms with E-state index in [1.54, 1.807) is 0 Å². The normalized spacial score (nSPS) is 17.8. The fraction of sp³-hybridized carbons (Fsp3) is 0.571. The lowest BCUT2D eigenvalue weighted by Crippen LogP contribution is -2.39. The van der Waals surface area contributed by atoms with E-state index >= 15 is 0 Å². The second-order valence-electron chi connectivity index (χ2n) is 5.04. The van der Waals surface area contributed by atoms with Gasteiger partial charge in [0.2, 0.25) is 0 Å². The quantitative estimate of drug-likeness (QED) is 0.879. The summed E-state index contributed by atoms with van der Waals surface area (Å²) >= 11 is 0. The van der Waals surface area contributed by atoms with E-state index in [1.165, 1.54) is 16.7 Å². The van der Waals surface area contributed by atoms with Gasteiger partial charge in [0.1, 0.15) is 0 Å². The molecule has 1 aliphatic heterocycles. The molecule has 0 aliphatic carbocycles. The molecule has 0 amide bonds. The maximum absolute atomic E-state index is 5.92. The molecular weight excluding hydrogens is 232 g/mol. The van der Waals surface area contributed by atoms with Gasteiger partial charge < -0.3 is 5.73 Å². The van der Waals surface area contributed by atoms with E-state index in [2.05, 4.69) is 36.9 Å². The molecule has 0 bridgehead atoms. The number of aryl methyl sites for hydroxylation is 2. The van der Waals surface area contributed by atoms with Crippen molar-refractivity contribution in [2.24, 2.45) is 5.73 Å². The van der Waals surface area contributed by atoms with E-state index in [1.807, 2.05) is 0 Å². The van der Waals surface area contributed by atoms with Crippen LogP contribution in [0.4, 0.5) is 0 Å². The van der Waals surface area contributed by atoms with E-state index in [9.17, 15) is 0 Å². The minimum atomic E-state index is 0. The van der Waals surface area contributed by atoms with Gasteiger partial charge in [0.25, 0.3) is 0 Å². The van der Waals surface area contributed by atoms with Crippen LogP contribution in [0.3, 0.4) is 0 Å². The fourth-order valence-corrected chi connectivity index (χ4v) is 2.32. The Balaban J connectivity index is 0.00000144. The Bertz CT molecular complexity index is 357. The van der Waals surface area contributed by atoms with Gasteiger partial charge in [0, 0.05) is 12.6 Å². The number of halogens is 1. The summed E-state index contributed by atoms with van der Waals surface area (Å²) < 4.78 is 0. The van der Waals surface area contributed by atoms with Crippen molar-refractivity contribution < 1.29 is 0 Å². The number of rotatable bonds is 2. The van der Waals surface area contributed by atoms with Crippen molar-refractivity contribution in [2.45, 2.75) is 39.3 Å². The molecule has 0 unspecified atom stereocenters. The van der Waals surface area contributed by atoms with Gasteiger partial charge in [-0.15, -0.1) is 12.4 Å². The highest BCUT2D eigenvalue weighted by Crippen LogP contribution is 2.16. The largest absolute Gasteiger partial charge is 0.328 e. The molecule has 0 saturated carbocycles. The summed E-state index contributed by atoms with van der Waals surface area (Å²) in [7, 11) is 0. The standard InChI is InChI=1S/C14H22N2.ClH/c1-11-3-4-12(2)13(9-11)10-16-7-5-14(15)6-8-16;/h3-4,9,14H,5-8,10,15H2,1-2H3;1H. The van der Waals surface area contributed by atoms with Crippen LogP contribution < -0.4 is 5.73 Å². The zero-order chi connectivity index (χ0) is 11.5. The molecule has 1 heterocycles. The molecule has 2 nitrogen and oxygen atoms in total. The molecule has 1 saturated heterocycles. The van der Waals surface area contributed by atoms with E-state index in [4.69, 9.17) is 5.73 Å². The van der Waals surface area contributed by atoms with Crippen molar-refractivity contribution in [3.8, 4) is 0 Å². The van der Waals surface area contributed by atoms with Crippen molar-refractivity contribution in [2.75, 3.05) is 13.1 Å². The van der Waals surface area contributed by atoms with Gasteiger partial charge in [0.05, 0.1) is 0 Å². The molecule has 0 spiro atoms. The summed E-state index contributed by atoms with van der Waals surface area (Å²) in [5.74, 6) is 0. The summed E-state index contributed by atoms with van der Waals surface area (Å²) in [5.41, 5.74) is 10.1. The van der Waals surface area contributed by atoms with Gasteiger partial charge in [-0.05, 0) is 50.9 Å². The number of nitrogens with two attached hydrogens (primary N) is 1. The molecule has 1 aliphatic rings. The molecule has 2 rings (SSSR count). The molecular formula is C14H23ClN2. The van der Waals surface area contributed by atoms with Gasteiger partial charge in [-0.3, -0.25) is 4.90 Å². The second-order valence-corrected chi connectivity index (χ2v) is 5.04. The summed E-state index contributed by atoms with van der Waals surface area (Å²) in [4.78, 5) is 2.52. The van der Waals surface area contributed by atoms with Gasteiger partial charge in [0.15, 0.2) is 0 Å². The Kier molecular flexibility index (Phi) is 5.44. The lowest BCUT2D eigenvalue weighted by Gasteiger charge is -2.30. The van der Waals surface area contributed by atoms with Crippen LogP contribution in [-0.4, -0.2) is 24.0 Å². The Morgan fingerprint density at radius 2 is 1.88 bits per heavy atom. The Morgan fingerprint density at radius 3 is 2.53 bits per heavy atom. The summed E-state index contributed by atoms with van der Waals surface area (Å²) in [6, 6.07) is 7.14. The van der Waals surface area contributed by atoms with Gasteiger partial charge in [-0.1, -0.05) is 23.8 Å². The Labute approximate surface area is 111 Å². The first-order valence-electron chi connectivity index (χ1n) is 6.19. The average molecular weight is 255 g/mol. The minimum Gasteiger partial charge on any atom is -0.328 e. The van der Waals surface area contributed by atoms with Crippen molar-refractivity contribution in [3.05, 3.63) is 34.9 Å². The third kappa shape index (κ3) is 3.98. The molecule has 17 heavy (non-hydrogen) atoms. The highest BCUT2D eigenvalue weighted by atomic mass is 35.5. The number of benzene rings is 1. The molecule has 1 aromatic carbocycles. The molecule has 3 heteroatoms. The SMILES string of the molecule is Cc1ccc(C)c(CN2CCC(N)CC2)c1.Cl. The minimum absolute atomic E-state index is 0. The number of hydrogen-bond acceptors (Lipinski definition) is 2. The second kappa shape index (κ2) is 6.39. The number of likely N-dealkylation sites (tertiary alicyclic amines) is 1. The predicted molar refractivity (Wildman–Crippen MR) is 75.7 cm³/mol. The third-order valence-corrected chi connectivity index (χ3v) is 3.53. The average Bonchev–Trinajstić information content (AvgIpc) is 2.27. The van der Waals surface area contributed by atoms with Crippen LogP contribution in [0.5, 0.6) is 0 Å². The first-order chi connectivity index (χ1) is 7.65. The molecule has 1 aromatic rings. The third-order valence-electron chi connectivity index (χ3n) is 3.53. The lowest BCUT2D eigenvalue weighted by molar-refractivity contribution is 0.205. The highest BCUT2D eigenvalue weighted by Gasteiger charge is 2.16. The van der Waals surface area contributed by atoms with Crippen molar-refractivity contribution >= 4 is 12.4 Å². The maximum Gasteiger partial charge on any atom is 0.0236 e.